The van der Waals surface area contributed by atoms with Crippen molar-refractivity contribution in [1.29, 1.82) is 0 Å². The van der Waals surface area contributed by atoms with Crippen LogP contribution in [0.5, 0.6) is 0 Å². The summed E-state index contributed by atoms with van der Waals surface area (Å²) in [4.78, 5) is 15.6. The Kier molecular flexibility index (Phi) is 7.70. The van der Waals surface area contributed by atoms with Crippen LogP contribution in [0.15, 0.2) is 47.1 Å². The molecule has 162 valence electrons. The molecule has 0 N–H and O–H groups in total. The molecule has 1 aromatic carbocycles. The van der Waals surface area contributed by atoms with Gasteiger partial charge in [-0.05, 0) is 55.0 Å². The molecule has 0 bridgehead atoms. The van der Waals surface area contributed by atoms with Gasteiger partial charge in [0.2, 0.25) is 5.91 Å². The van der Waals surface area contributed by atoms with Gasteiger partial charge in [-0.1, -0.05) is 73.0 Å². The zero-order valence-corrected chi connectivity index (χ0v) is 19.7. The Labute approximate surface area is 190 Å². The maximum absolute atomic E-state index is 13.3. The van der Waals surface area contributed by atoms with Gasteiger partial charge in [0, 0.05) is 35.4 Å². The fourth-order valence-corrected chi connectivity index (χ4v) is 5.56. The summed E-state index contributed by atoms with van der Waals surface area (Å²) in [7, 11) is 0. The number of nitrogens with zero attached hydrogens (tertiary/aromatic N) is 2. The maximum atomic E-state index is 13.3. The molecule has 4 heteroatoms. The molecule has 1 heterocycles. The van der Waals surface area contributed by atoms with Crippen LogP contribution < -0.4 is 0 Å². The van der Waals surface area contributed by atoms with Gasteiger partial charge in [-0.3, -0.25) is 4.79 Å². The first-order chi connectivity index (χ1) is 14.7. The van der Waals surface area contributed by atoms with Gasteiger partial charge in [0.15, 0.2) is 0 Å². The Hall–Kier alpha value is -1.55. The van der Waals surface area contributed by atoms with E-state index in [1.165, 1.54) is 69.0 Å². The van der Waals surface area contributed by atoms with Crippen LogP contribution in [-0.4, -0.2) is 21.4 Å². The number of hydrogen-bond acceptors (Lipinski definition) is 1. The molecule has 0 radical (unpaired) electrons. The van der Waals surface area contributed by atoms with Crippen molar-refractivity contribution in [1.82, 2.24) is 9.47 Å². The second kappa shape index (κ2) is 10.7. The first-order valence-corrected chi connectivity index (χ1v) is 12.7. The van der Waals surface area contributed by atoms with E-state index in [-0.39, 0.29) is 0 Å². The Morgan fingerprint density at radius 3 is 2.40 bits per heavy atom. The highest BCUT2D eigenvalue weighted by atomic mass is 79.9. The largest absolute Gasteiger partial charge is 0.345 e. The molecular weight excluding hydrogens is 436 g/mol. The standard InChI is InChI=1S/C26H35BrN2O/c27-23-15-12-22(13-16-23)19-28-18-6-11-25(28)20-29(24-9-2-1-3-10-24)26(30)17-14-21-7-4-5-8-21/h6,11-13,15-16,18,21,24H,1-5,7-10,14,17,19-20H2. The first kappa shape index (κ1) is 21.7. The molecule has 0 atom stereocenters. The Morgan fingerprint density at radius 2 is 1.67 bits per heavy atom. The van der Waals surface area contributed by atoms with Crippen LogP contribution in [0.1, 0.15) is 81.9 Å². The number of benzene rings is 1. The lowest BCUT2D eigenvalue weighted by molar-refractivity contribution is -0.135. The van der Waals surface area contributed by atoms with Crippen molar-refractivity contribution >= 4 is 21.8 Å². The van der Waals surface area contributed by atoms with Crippen molar-refractivity contribution in [2.75, 3.05) is 0 Å². The SMILES string of the molecule is O=C(CCC1CCCC1)N(Cc1cccn1Cc1ccc(Br)cc1)C1CCCCC1. The Balaban J connectivity index is 1.45. The molecule has 30 heavy (non-hydrogen) atoms. The first-order valence-electron chi connectivity index (χ1n) is 11.9. The molecule has 2 aromatic rings. The van der Waals surface area contributed by atoms with Gasteiger partial charge >= 0.3 is 0 Å². The third-order valence-corrected chi connectivity index (χ3v) is 7.63. The maximum Gasteiger partial charge on any atom is 0.223 e. The van der Waals surface area contributed by atoms with Crippen LogP contribution in [0.25, 0.3) is 0 Å². The van der Waals surface area contributed by atoms with Gasteiger partial charge < -0.3 is 9.47 Å². The van der Waals surface area contributed by atoms with Crippen LogP contribution >= 0.6 is 15.9 Å². The minimum atomic E-state index is 0.380. The lowest BCUT2D eigenvalue weighted by Crippen LogP contribution is -2.41. The van der Waals surface area contributed by atoms with Crippen molar-refractivity contribution in [3.05, 3.63) is 58.3 Å². The number of amides is 1. The lowest BCUT2D eigenvalue weighted by atomic mass is 9.93. The molecular formula is C26H35BrN2O. The van der Waals surface area contributed by atoms with Crippen LogP contribution in [0, 0.1) is 5.92 Å². The molecule has 1 amide bonds. The monoisotopic (exact) mass is 470 g/mol. The van der Waals surface area contributed by atoms with Gasteiger partial charge in [-0.15, -0.1) is 0 Å². The molecule has 3 nitrogen and oxygen atoms in total. The van der Waals surface area contributed by atoms with Crippen molar-refractivity contribution in [2.45, 2.75) is 89.8 Å². The molecule has 4 rings (SSSR count). The smallest absolute Gasteiger partial charge is 0.223 e. The van der Waals surface area contributed by atoms with E-state index in [0.717, 1.165) is 36.3 Å². The van der Waals surface area contributed by atoms with E-state index in [1.54, 1.807) is 0 Å². The summed E-state index contributed by atoms with van der Waals surface area (Å²) >= 11 is 3.52. The summed E-state index contributed by atoms with van der Waals surface area (Å²) in [6, 6.07) is 13.3. The van der Waals surface area contributed by atoms with Crippen molar-refractivity contribution in [3.8, 4) is 0 Å². The topological polar surface area (TPSA) is 25.2 Å². The zero-order chi connectivity index (χ0) is 20.8. The predicted molar refractivity (Wildman–Crippen MR) is 126 cm³/mol. The third kappa shape index (κ3) is 5.78. The molecule has 0 aliphatic heterocycles. The van der Waals surface area contributed by atoms with Crippen molar-refractivity contribution in [2.24, 2.45) is 5.92 Å². The summed E-state index contributed by atoms with van der Waals surface area (Å²) in [5.74, 6) is 1.16. The second-order valence-electron chi connectivity index (χ2n) is 9.26. The molecule has 0 unspecified atom stereocenters. The molecule has 1 aromatic heterocycles. The van der Waals surface area contributed by atoms with Crippen LogP contribution in [0.2, 0.25) is 0 Å². The average molecular weight is 471 g/mol. The van der Waals surface area contributed by atoms with Gasteiger partial charge in [0.1, 0.15) is 0 Å². The predicted octanol–water partition coefficient (Wildman–Crippen LogP) is 6.93. The summed E-state index contributed by atoms with van der Waals surface area (Å²) in [6.45, 7) is 1.60. The van der Waals surface area contributed by atoms with E-state index in [9.17, 15) is 4.79 Å². The minimum absolute atomic E-state index is 0.380. The Bertz CT molecular complexity index is 801. The van der Waals surface area contributed by atoms with Gasteiger partial charge in [-0.2, -0.15) is 0 Å². The normalized spacial score (nSPS) is 18.0. The van der Waals surface area contributed by atoms with Gasteiger partial charge in [-0.25, -0.2) is 0 Å². The molecule has 0 spiro atoms. The number of halogens is 1. The number of hydrogen-bond donors (Lipinski definition) is 0. The summed E-state index contributed by atoms with van der Waals surface area (Å²) < 4.78 is 3.42. The number of carbonyl (C=O) groups is 1. The summed E-state index contributed by atoms with van der Waals surface area (Å²) in [6.07, 6.45) is 15.5. The fourth-order valence-electron chi connectivity index (χ4n) is 5.29. The lowest BCUT2D eigenvalue weighted by Gasteiger charge is -2.35. The Morgan fingerprint density at radius 1 is 0.967 bits per heavy atom. The van der Waals surface area contributed by atoms with Crippen LogP contribution in [0.4, 0.5) is 0 Å². The summed E-state index contributed by atoms with van der Waals surface area (Å²) in [5, 5.41) is 0. The van der Waals surface area contributed by atoms with Crippen molar-refractivity contribution in [3.63, 3.8) is 0 Å². The quantitative estimate of drug-likeness (QED) is 0.410. The molecule has 2 aliphatic carbocycles. The highest BCUT2D eigenvalue weighted by Gasteiger charge is 2.27. The molecule has 0 saturated heterocycles. The van der Waals surface area contributed by atoms with E-state index < -0.39 is 0 Å². The van der Waals surface area contributed by atoms with Gasteiger partial charge in [0.25, 0.3) is 0 Å². The van der Waals surface area contributed by atoms with E-state index in [0.29, 0.717) is 11.9 Å². The zero-order valence-electron chi connectivity index (χ0n) is 18.1. The highest BCUT2D eigenvalue weighted by Crippen LogP contribution is 2.30. The molecule has 2 saturated carbocycles. The van der Waals surface area contributed by atoms with Crippen LogP contribution in [0.3, 0.4) is 0 Å². The number of aromatic nitrogens is 1. The minimum Gasteiger partial charge on any atom is -0.345 e. The van der Waals surface area contributed by atoms with E-state index >= 15 is 0 Å². The third-order valence-electron chi connectivity index (χ3n) is 7.10. The fraction of sp³-hybridized carbons (Fsp3) is 0.577. The second-order valence-corrected chi connectivity index (χ2v) is 10.2. The number of rotatable bonds is 8. The van der Waals surface area contributed by atoms with E-state index in [2.05, 4.69) is 68.0 Å². The average Bonchev–Trinajstić information content (AvgIpc) is 3.45. The molecule has 2 aliphatic rings. The van der Waals surface area contributed by atoms with E-state index in [4.69, 9.17) is 0 Å². The van der Waals surface area contributed by atoms with Crippen molar-refractivity contribution < 1.29 is 4.79 Å². The summed E-state index contributed by atoms with van der Waals surface area (Å²) in [5.41, 5.74) is 2.53. The van der Waals surface area contributed by atoms with E-state index in [1.807, 2.05) is 0 Å². The highest BCUT2D eigenvalue weighted by molar-refractivity contribution is 9.10. The van der Waals surface area contributed by atoms with Crippen LogP contribution in [-0.2, 0) is 17.9 Å². The van der Waals surface area contributed by atoms with Gasteiger partial charge in [0.05, 0.1) is 6.54 Å². The molecule has 2 fully saturated rings. The number of carbonyl (C=O) groups excluding carboxylic acids is 1.